The molecule has 0 aromatic carbocycles. The molecule has 5 heteroatoms. The Morgan fingerprint density at radius 3 is 2.69 bits per heavy atom. The number of fused-ring (bicyclic) bond motifs is 2. The van der Waals surface area contributed by atoms with Gasteiger partial charge >= 0.3 is 0 Å². The van der Waals surface area contributed by atoms with E-state index in [2.05, 4.69) is 71.8 Å². The highest BCUT2D eigenvalue weighted by Crippen LogP contribution is 2.49. The quantitative estimate of drug-likeness (QED) is 0.262. The first kappa shape index (κ1) is 32.7. The van der Waals surface area contributed by atoms with E-state index in [4.69, 9.17) is 9.47 Å². The Kier molecular flexibility index (Phi) is 10.6. The zero-order valence-corrected chi connectivity index (χ0v) is 26.9. The Bertz CT molecular complexity index is 1170. The van der Waals surface area contributed by atoms with Crippen LogP contribution in [-0.4, -0.2) is 46.7 Å². The second-order valence-corrected chi connectivity index (χ2v) is 14.2. The van der Waals surface area contributed by atoms with Crippen LogP contribution in [0.5, 0.6) is 0 Å². The minimum atomic E-state index is -1.58. The van der Waals surface area contributed by atoms with Gasteiger partial charge in [0.15, 0.2) is 11.7 Å². The molecule has 4 aliphatic rings. The highest BCUT2D eigenvalue weighted by Gasteiger charge is 2.58. The van der Waals surface area contributed by atoms with Gasteiger partial charge in [0, 0.05) is 0 Å². The number of aliphatic hydroxyl groups is 2. The van der Waals surface area contributed by atoms with Crippen LogP contribution < -0.4 is 0 Å². The van der Waals surface area contributed by atoms with E-state index in [1.807, 2.05) is 19.1 Å². The third-order valence-electron chi connectivity index (χ3n) is 10.9. The highest BCUT2D eigenvalue weighted by atomic mass is 16.5. The largest absolute Gasteiger partial charge is 0.483 e. The molecular formula is C37H54O5. The molecule has 2 fully saturated rings. The van der Waals surface area contributed by atoms with Crippen molar-refractivity contribution in [2.24, 2.45) is 35.0 Å². The van der Waals surface area contributed by atoms with Crippen LogP contribution >= 0.6 is 0 Å². The first-order chi connectivity index (χ1) is 19.9. The maximum atomic E-state index is 12.6. The number of ether oxygens (including phenoxy) is 2. The fourth-order valence-corrected chi connectivity index (χ4v) is 7.56. The average Bonchev–Trinajstić information content (AvgIpc) is 3.30. The minimum Gasteiger partial charge on any atom is -0.483 e. The van der Waals surface area contributed by atoms with Crippen molar-refractivity contribution in [3.05, 3.63) is 65.0 Å². The second kappa shape index (κ2) is 13.6. The van der Waals surface area contributed by atoms with Crippen LogP contribution in [0.2, 0.25) is 0 Å². The van der Waals surface area contributed by atoms with Crippen molar-refractivity contribution in [2.75, 3.05) is 6.61 Å². The Hall–Kier alpha value is -2.17. The predicted octanol–water partition coefficient (Wildman–Crippen LogP) is 7.45. The Morgan fingerprint density at radius 2 is 1.98 bits per heavy atom. The zero-order chi connectivity index (χ0) is 30.7. The van der Waals surface area contributed by atoms with E-state index < -0.39 is 23.7 Å². The smallest absolute Gasteiger partial charge is 0.190 e. The molecule has 5 nitrogen and oxygen atoms in total. The molecule has 2 heterocycles. The average molecular weight is 579 g/mol. The number of hydrogen-bond donors (Lipinski definition) is 2. The summed E-state index contributed by atoms with van der Waals surface area (Å²) >= 11 is 0. The van der Waals surface area contributed by atoms with Gasteiger partial charge < -0.3 is 19.7 Å². The van der Waals surface area contributed by atoms with E-state index >= 15 is 0 Å². The lowest BCUT2D eigenvalue weighted by Crippen LogP contribution is -2.55. The highest BCUT2D eigenvalue weighted by molar-refractivity contribution is 5.55. The molecule has 2 aliphatic heterocycles. The Morgan fingerprint density at radius 1 is 1.21 bits per heavy atom. The number of hydrogen-bond acceptors (Lipinski definition) is 5. The predicted molar refractivity (Wildman–Crippen MR) is 169 cm³/mol. The van der Waals surface area contributed by atoms with Crippen molar-refractivity contribution in [3.8, 4) is 0 Å². The monoisotopic (exact) mass is 578 g/mol. The van der Waals surface area contributed by atoms with Gasteiger partial charge in [0.05, 0.1) is 12.5 Å². The third-order valence-corrected chi connectivity index (χ3v) is 10.9. The summed E-state index contributed by atoms with van der Waals surface area (Å²) in [4.78, 5) is 12.6. The molecule has 2 aliphatic carbocycles. The molecule has 2 N–H and O–H groups in total. The summed E-state index contributed by atoms with van der Waals surface area (Å²) in [7, 11) is 0. The summed E-state index contributed by atoms with van der Waals surface area (Å²) < 4.78 is 12.6. The summed E-state index contributed by atoms with van der Waals surface area (Å²) in [6.45, 7) is 15.8. The van der Waals surface area contributed by atoms with Crippen LogP contribution in [0.4, 0.5) is 0 Å². The molecule has 1 saturated carbocycles. The summed E-state index contributed by atoms with van der Waals surface area (Å²) in [6, 6.07) is 0. The number of aliphatic hydroxyl groups excluding tert-OH is 1. The molecule has 0 radical (unpaired) electrons. The van der Waals surface area contributed by atoms with Crippen molar-refractivity contribution in [1.82, 2.24) is 0 Å². The fraction of sp³-hybridized carbons (Fsp3) is 0.676. The van der Waals surface area contributed by atoms with Crippen LogP contribution in [0.25, 0.3) is 0 Å². The summed E-state index contributed by atoms with van der Waals surface area (Å²) in [5, 5.41) is 23.1. The summed E-state index contributed by atoms with van der Waals surface area (Å²) in [5.74, 6) is 3.57. The van der Waals surface area contributed by atoms with Gasteiger partial charge in [-0.25, -0.2) is 4.79 Å². The van der Waals surface area contributed by atoms with Crippen LogP contribution in [0.3, 0.4) is 0 Å². The second-order valence-electron chi connectivity index (χ2n) is 14.2. The molecule has 1 saturated heterocycles. The van der Waals surface area contributed by atoms with E-state index in [-0.39, 0.29) is 23.9 Å². The van der Waals surface area contributed by atoms with Gasteiger partial charge in [-0.2, -0.15) is 0 Å². The van der Waals surface area contributed by atoms with Gasteiger partial charge in [-0.3, -0.25) is 0 Å². The van der Waals surface area contributed by atoms with Crippen molar-refractivity contribution < 1.29 is 24.5 Å². The van der Waals surface area contributed by atoms with E-state index in [1.165, 1.54) is 12.0 Å². The van der Waals surface area contributed by atoms with Gasteiger partial charge in [-0.1, -0.05) is 89.1 Å². The molecular weight excluding hydrogens is 524 g/mol. The van der Waals surface area contributed by atoms with E-state index in [0.29, 0.717) is 34.8 Å². The van der Waals surface area contributed by atoms with Gasteiger partial charge in [-0.15, -0.1) is 0 Å². The number of rotatable bonds is 5. The topological polar surface area (TPSA) is 76.0 Å². The van der Waals surface area contributed by atoms with Crippen LogP contribution in [0.15, 0.2) is 65.0 Å². The van der Waals surface area contributed by atoms with Crippen molar-refractivity contribution in [1.29, 1.82) is 0 Å². The molecule has 0 amide bonds. The van der Waals surface area contributed by atoms with E-state index in [9.17, 15) is 15.0 Å². The molecule has 0 spiro atoms. The normalized spacial score (nSPS) is 41.2. The number of allylic oxidation sites excluding steroid dienone is 7. The maximum Gasteiger partial charge on any atom is 0.190 e. The van der Waals surface area contributed by atoms with Gasteiger partial charge in [0.1, 0.15) is 23.9 Å². The first-order valence-corrected chi connectivity index (χ1v) is 16.2. The van der Waals surface area contributed by atoms with E-state index in [0.717, 1.165) is 38.5 Å². The van der Waals surface area contributed by atoms with Crippen LogP contribution in [0.1, 0.15) is 93.4 Å². The van der Waals surface area contributed by atoms with Gasteiger partial charge in [-0.05, 0) is 92.6 Å². The van der Waals surface area contributed by atoms with Crippen molar-refractivity contribution in [3.63, 3.8) is 0 Å². The lowest BCUT2D eigenvalue weighted by Gasteiger charge is -2.44. The lowest BCUT2D eigenvalue weighted by atomic mass is 9.67. The third kappa shape index (κ3) is 6.97. The summed E-state index contributed by atoms with van der Waals surface area (Å²) in [5.41, 5.74) is 1.03. The Labute approximate surface area is 254 Å². The first-order valence-electron chi connectivity index (χ1n) is 16.2. The van der Waals surface area contributed by atoms with Crippen LogP contribution in [-0.2, 0) is 14.3 Å². The lowest BCUT2D eigenvalue weighted by molar-refractivity contribution is -0.110. The molecule has 0 aromatic heterocycles. The molecule has 4 rings (SSSR count). The molecule has 0 aromatic rings. The SMILES string of the molecule is CCC(C)C(C)[C@@H](C)/C=C\C1(C)CC2C/C=C(\C)CC/C=C/C=C3\COC4C(O)C(C)=C[C@@H](C(=C=O)OC(C2)C1)[C@]34O. The molecule has 42 heavy (non-hydrogen) atoms. The van der Waals surface area contributed by atoms with E-state index in [1.54, 1.807) is 6.08 Å². The standard InChI is InChI=1S/C37H54O5/c1-8-25(3)28(6)26(4)16-17-36(7)20-29-15-14-24(2)12-10-9-11-13-30-23-41-35-34(39)27(5)18-32(37(30,35)40)33(22-38)42-31(19-29)21-36/h9,11,13-14,16-18,25-26,28-29,31-32,34-35,39-40H,8,10,12,15,19-21,23H2,1-7H3/b11-9+,17-16-,24-14+,30-13+/t25?,26-,28?,29?,31?,32-,34?,35?,36?,37+/m0/s1. The molecule has 10 atom stereocenters. The maximum absolute atomic E-state index is 12.6. The van der Waals surface area contributed by atoms with Crippen LogP contribution in [0, 0.1) is 35.0 Å². The van der Waals surface area contributed by atoms with Crippen molar-refractivity contribution >= 4 is 5.94 Å². The molecule has 7 unspecified atom stereocenters. The Balaban J connectivity index is 1.70. The fourth-order valence-electron chi connectivity index (χ4n) is 7.56. The zero-order valence-electron chi connectivity index (χ0n) is 26.9. The van der Waals surface area contributed by atoms with Gasteiger partial charge in [0.25, 0.3) is 0 Å². The molecule has 2 bridgehead atoms. The minimum absolute atomic E-state index is 0.0730. The summed E-state index contributed by atoms with van der Waals surface area (Å²) in [6.07, 6.45) is 19.7. The van der Waals surface area contributed by atoms with Gasteiger partial charge in [0.2, 0.25) is 0 Å². The van der Waals surface area contributed by atoms with Crippen molar-refractivity contribution in [2.45, 2.75) is 117 Å². The molecule has 232 valence electrons. The number of carbonyl (C=O) groups excluding carboxylic acids is 1.